The molecule has 104 valence electrons. The highest BCUT2D eigenvalue weighted by Gasteiger charge is 2.43. The summed E-state index contributed by atoms with van der Waals surface area (Å²) in [6, 6.07) is 4.38. The fraction of sp³-hybridized carbons (Fsp3) is 0.500. The Bertz CT molecular complexity index is 485. The molecule has 0 N–H and O–H groups in total. The van der Waals surface area contributed by atoms with Crippen LogP contribution in [0.4, 0.5) is 5.69 Å². The highest BCUT2D eigenvalue weighted by atomic mass is 79.9. The molecular weight excluding hydrogens is 337 g/mol. The van der Waals surface area contributed by atoms with Crippen molar-refractivity contribution in [3.05, 3.63) is 33.3 Å². The van der Waals surface area contributed by atoms with Crippen LogP contribution in [0.5, 0.6) is 5.75 Å². The van der Waals surface area contributed by atoms with Gasteiger partial charge >= 0.3 is 5.69 Å². The highest BCUT2D eigenvalue weighted by molar-refractivity contribution is 9.09. The van der Waals surface area contributed by atoms with Crippen LogP contribution in [0.2, 0.25) is 5.02 Å². The summed E-state index contributed by atoms with van der Waals surface area (Å²) in [5.41, 5.74) is -0.124. The fourth-order valence-corrected chi connectivity index (χ4v) is 2.97. The van der Waals surface area contributed by atoms with Gasteiger partial charge in [-0.25, -0.2) is 0 Å². The van der Waals surface area contributed by atoms with E-state index in [2.05, 4.69) is 15.9 Å². The molecule has 3 unspecified atom stereocenters. The Morgan fingerprint density at radius 3 is 2.89 bits per heavy atom. The van der Waals surface area contributed by atoms with Gasteiger partial charge in [-0.1, -0.05) is 27.5 Å². The van der Waals surface area contributed by atoms with Crippen molar-refractivity contribution < 1.29 is 14.4 Å². The van der Waals surface area contributed by atoms with Crippen LogP contribution in [0.1, 0.15) is 13.3 Å². The predicted molar refractivity (Wildman–Crippen MR) is 75.3 cm³/mol. The van der Waals surface area contributed by atoms with E-state index in [4.69, 9.17) is 21.1 Å². The number of alkyl halides is 1. The molecule has 19 heavy (non-hydrogen) atoms. The molecule has 1 fully saturated rings. The quantitative estimate of drug-likeness (QED) is 0.463. The van der Waals surface area contributed by atoms with Gasteiger partial charge in [-0.05, 0) is 19.1 Å². The number of halogens is 2. The van der Waals surface area contributed by atoms with Gasteiger partial charge in [0.2, 0.25) is 0 Å². The molecule has 1 saturated carbocycles. The second-order valence-corrected chi connectivity index (χ2v) is 5.81. The van der Waals surface area contributed by atoms with Gasteiger partial charge in [0, 0.05) is 28.9 Å². The molecule has 1 aromatic carbocycles. The Balaban J connectivity index is 2.13. The lowest BCUT2D eigenvalue weighted by molar-refractivity contribution is -0.386. The first-order valence-corrected chi connectivity index (χ1v) is 7.18. The summed E-state index contributed by atoms with van der Waals surface area (Å²) in [4.78, 5) is 10.7. The average molecular weight is 351 g/mol. The van der Waals surface area contributed by atoms with E-state index in [1.54, 1.807) is 6.07 Å². The molecule has 1 aliphatic carbocycles. The number of nitrogens with zero attached hydrogens (tertiary/aromatic N) is 1. The summed E-state index contributed by atoms with van der Waals surface area (Å²) in [5.74, 6) is 0.225. The Kier molecular flexibility index (Phi) is 4.65. The van der Waals surface area contributed by atoms with Gasteiger partial charge in [0.25, 0.3) is 0 Å². The van der Waals surface area contributed by atoms with E-state index in [1.807, 2.05) is 6.92 Å². The van der Waals surface area contributed by atoms with Gasteiger partial charge < -0.3 is 9.47 Å². The van der Waals surface area contributed by atoms with Crippen LogP contribution >= 0.6 is 27.5 Å². The molecule has 0 saturated heterocycles. The molecule has 0 aromatic heterocycles. The maximum Gasteiger partial charge on any atom is 0.312 e. The molecule has 0 aliphatic heterocycles. The van der Waals surface area contributed by atoms with Crippen LogP contribution in [-0.2, 0) is 4.74 Å². The van der Waals surface area contributed by atoms with Crippen LogP contribution in [0.3, 0.4) is 0 Å². The summed E-state index contributed by atoms with van der Waals surface area (Å²) >= 11 is 9.24. The molecule has 2 rings (SSSR count). The zero-order valence-electron chi connectivity index (χ0n) is 10.2. The first-order valence-electron chi connectivity index (χ1n) is 5.89. The average Bonchev–Trinajstić information content (AvgIpc) is 2.37. The first kappa shape index (κ1) is 14.6. The van der Waals surface area contributed by atoms with Crippen molar-refractivity contribution in [1.29, 1.82) is 0 Å². The Morgan fingerprint density at radius 2 is 2.32 bits per heavy atom. The van der Waals surface area contributed by atoms with Gasteiger partial charge in [0.15, 0.2) is 5.75 Å². The summed E-state index contributed by atoms with van der Waals surface area (Å²) in [5, 5.41) is 11.3. The maximum atomic E-state index is 11.0. The minimum Gasteiger partial charge on any atom is -0.481 e. The van der Waals surface area contributed by atoms with E-state index in [0.717, 1.165) is 6.42 Å². The summed E-state index contributed by atoms with van der Waals surface area (Å²) < 4.78 is 11.2. The van der Waals surface area contributed by atoms with E-state index >= 15 is 0 Å². The standard InChI is InChI=1S/C12H13BrClNO4/c1-2-18-12-8(13)6-11(12)19-10-4-3-7(14)5-9(10)15(16)17/h3-5,8,11-12H,2,6H2,1H3. The minimum atomic E-state index is -0.499. The Hall–Kier alpha value is -0.850. The van der Waals surface area contributed by atoms with E-state index < -0.39 is 4.92 Å². The molecule has 0 bridgehead atoms. The van der Waals surface area contributed by atoms with Crippen LogP contribution < -0.4 is 4.74 Å². The van der Waals surface area contributed by atoms with Crippen LogP contribution in [0, 0.1) is 10.1 Å². The van der Waals surface area contributed by atoms with Crippen LogP contribution in [0.25, 0.3) is 0 Å². The monoisotopic (exact) mass is 349 g/mol. The third kappa shape index (κ3) is 3.19. The SMILES string of the molecule is CCOC1C(Br)CC1Oc1ccc(Cl)cc1[N+](=O)[O-]. The van der Waals surface area contributed by atoms with Gasteiger partial charge in [0.1, 0.15) is 12.2 Å². The molecule has 0 radical (unpaired) electrons. The lowest BCUT2D eigenvalue weighted by atomic mass is 9.91. The molecule has 0 spiro atoms. The van der Waals surface area contributed by atoms with Crippen molar-refractivity contribution in [3.8, 4) is 5.75 Å². The second kappa shape index (κ2) is 6.07. The fourth-order valence-electron chi connectivity index (χ4n) is 1.94. The van der Waals surface area contributed by atoms with Crippen molar-refractivity contribution in [2.45, 2.75) is 30.4 Å². The van der Waals surface area contributed by atoms with Gasteiger partial charge in [-0.2, -0.15) is 0 Å². The molecule has 1 aliphatic rings. The summed E-state index contributed by atoms with van der Waals surface area (Å²) in [6.07, 6.45) is 0.495. The van der Waals surface area contributed by atoms with Gasteiger partial charge in [0.05, 0.1) is 4.92 Å². The molecule has 3 atom stereocenters. The van der Waals surface area contributed by atoms with E-state index in [0.29, 0.717) is 11.6 Å². The van der Waals surface area contributed by atoms with Crippen LogP contribution in [-0.4, -0.2) is 28.6 Å². The molecule has 0 heterocycles. The van der Waals surface area contributed by atoms with Gasteiger partial charge in [-0.15, -0.1) is 0 Å². The molecule has 5 nitrogen and oxygen atoms in total. The Labute approximate surface area is 124 Å². The first-order chi connectivity index (χ1) is 9.02. The molecule has 0 amide bonds. The number of rotatable bonds is 5. The second-order valence-electron chi connectivity index (χ2n) is 4.20. The number of ether oxygens (including phenoxy) is 2. The van der Waals surface area contributed by atoms with E-state index in [1.165, 1.54) is 12.1 Å². The number of nitro benzene ring substituents is 1. The zero-order chi connectivity index (χ0) is 14.0. The Morgan fingerprint density at radius 1 is 1.58 bits per heavy atom. The third-order valence-corrected chi connectivity index (χ3v) is 4.07. The largest absolute Gasteiger partial charge is 0.481 e. The predicted octanol–water partition coefficient (Wildman–Crippen LogP) is 3.57. The van der Waals surface area contributed by atoms with E-state index in [9.17, 15) is 10.1 Å². The summed E-state index contributed by atoms with van der Waals surface area (Å²) in [7, 11) is 0. The van der Waals surface area contributed by atoms with Crippen molar-refractivity contribution in [1.82, 2.24) is 0 Å². The summed E-state index contributed by atoms with van der Waals surface area (Å²) in [6.45, 7) is 2.48. The number of hydrogen-bond donors (Lipinski definition) is 0. The normalized spacial score (nSPS) is 25.7. The van der Waals surface area contributed by atoms with Crippen molar-refractivity contribution >= 4 is 33.2 Å². The lowest BCUT2D eigenvalue weighted by Gasteiger charge is -2.40. The van der Waals surface area contributed by atoms with Crippen molar-refractivity contribution in [2.75, 3.05) is 6.61 Å². The molecule has 7 heteroatoms. The molecular formula is C12H13BrClNO4. The van der Waals surface area contributed by atoms with Crippen molar-refractivity contribution in [2.24, 2.45) is 0 Å². The van der Waals surface area contributed by atoms with Gasteiger partial charge in [-0.3, -0.25) is 10.1 Å². The number of benzene rings is 1. The van der Waals surface area contributed by atoms with Crippen molar-refractivity contribution in [3.63, 3.8) is 0 Å². The maximum absolute atomic E-state index is 11.0. The third-order valence-electron chi connectivity index (χ3n) is 2.94. The minimum absolute atomic E-state index is 0.0831. The van der Waals surface area contributed by atoms with Crippen LogP contribution in [0.15, 0.2) is 18.2 Å². The topological polar surface area (TPSA) is 61.6 Å². The van der Waals surface area contributed by atoms with E-state index in [-0.39, 0.29) is 28.5 Å². The number of nitro groups is 1. The number of hydrogen-bond acceptors (Lipinski definition) is 4. The lowest BCUT2D eigenvalue weighted by Crippen LogP contribution is -2.52. The molecule has 1 aromatic rings. The zero-order valence-corrected chi connectivity index (χ0v) is 12.6. The highest BCUT2D eigenvalue weighted by Crippen LogP contribution is 2.37. The smallest absolute Gasteiger partial charge is 0.312 e.